The maximum atomic E-state index is 13.0. The number of fused-ring (bicyclic) bond motifs is 1. The Labute approximate surface area is 215 Å². The van der Waals surface area contributed by atoms with Gasteiger partial charge in [0.25, 0.3) is 0 Å². The fraction of sp³-hybridized carbons (Fsp3) is 0.333. The summed E-state index contributed by atoms with van der Waals surface area (Å²) in [7, 11) is 0. The van der Waals surface area contributed by atoms with E-state index in [2.05, 4.69) is 15.3 Å². The van der Waals surface area contributed by atoms with Gasteiger partial charge in [-0.25, -0.2) is 9.59 Å². The number of β-lactam (4-membered cyclic amide) rings is 1. The zero-order valence-corrected chi connectivity index (χ0v) is 20.6. The second-order valence-corrected chi connectivity index (χ2v) is 10.7. The molecule has 2 saturated heterocycles. The highest BCUT2D eigenvalue weighted by Gasteiger charge is 2.64. The fourth-order valence-corrected chi connectivity index (χ4v) is 5.89. The largest absolute Gasteiger partial charge is 0.514 e. The summed E-state index contributed by atoms with van der Waals surface area (Å²) in [4.78, 5) is 53.2. The van der Waals surface area contributed by atoms with Crippen LogP contribution in [0.3, 0.4) is 0 Å². The minimum atomic E-state index is -1.30. The van der Waals surface area contributed by atoms with Crippen molar-refractivity contribution in [1.29, 1.82) is 0 Å². The van der Waals surface area contributed by atoms with Crippen LogP contribution in [0.15, 0.2) is 59.7 Å². The number of rotatable bonds is 8. The maximum Gasteiger partial charge on any atom is 0.514 e. The lowest BCUT2D eigenvalue weighted by atomic mass is 9.95. The molecule has 13 heteroatoms. The Kier molecular flexibility index (Phi) is 7.28. The number of hydrogen-bond donors (Lipinski definition) is 2. The molecule has 0 radical (unpaired) electrons. The minimum absolute atomic E-state index is 0.0396. The molecule has 2 aliphatic rings. The van der Waals surface area contributed by atoms with Crippen LogP contribution in [0.4, 0.5) is 4.79 Å². The number of aliphatic carboxylic acids is 1. The van der Waals surface area contributed by atoms with Gasteiger partial charge in [0.15, 0.2) is 0 Å². The van der Waals surface area contributed by atoms with E-state index < -0.39 is 52.2 Å². The highest BCUT2D eigenvalue weighted by atomic mass is 32.2. The van der Waals surface area contributed by atoms with Gasteiger partial charge in [0.2, 0.25) is 11.8 Å². The van der Waals surface area contributed by atoms with Crippen molar-refractivity contribution in [2.24, 2.45) is 5.11 Å². The molecule has 192 valence electrons. The first-order valence-corrected chi connectivity index (χ1v) is 12.1. The Morgan fingerprint density at radius 1 is 1.19 bits per heavy atom. The fourth-order valence-electron chi connectivity index (χ4n) is 4.26. The van der Waals surface area contributed by atoms with Crippen LogP contribution in [0.1, 0.15) is 31.0 Å². The van der Waals surface area contributed by atoms with E-state index in [1.807, 2.05) is 18.2 Å². The number of carboxylic acid groups (broad SMARTS) is 1. The summed E-state index contributed by atoms with van der Waals surface area (Å²) in [6, 6.07) is 11.5. The van der Waals surface area contributed by atoms with E-state index in [0.29, 0.717) is 5.56 Å². The Bertz CT molecular complexity index is 1260. The Morgan fingerprint density at radius 2 is 1.86 bits per heavy atom. The van der Waals surface area contributed by atoms with Gasteiger partial charge in [-0.15, -0.1) is 11.8 Å². The number of thioether (sulfide) groups is 1. The summed E-state index contributed by atoms with van der Waals surface area (Å²) >= 11 is 1.28. The van der Waals surface area contributed by atoms with E-state index in [-0.39, 0.29) is 12.4 Å². The Morgan fingerprint density at radius 3 is 2.49 bits per heavy atom. The molecule has 0 saturated carbocycles. The van der Waals surface area contributed by atoms with Crippen molar-refractivity contribution in [2.75, 3.05) is 0 Å². The average Bonchev–Trinajstić information content (AvgIpc) is 3.13. The van der Waals surface area contributed by atoms with Crippen molar-refractivity contribution in [3.63, 3.8) is 0 Å². The van der Waals surface area contributed by atoms with E-state index in [9.17, 15) is 24.3 Å². The van der Waals surface area contributed by atoms with Crippen molar-refractivity contribution >= 4 is 35.7 Å². The quantitative estimate of drug-likeness (QED) is 0.132. The number of azide groups is 1. The minimum Gasteiger partial charge on any atom is -0.480 e. The topological polar surface area (TPSA) is 171 Å². The molecular formula is C24H23N5O7S. The number of carbonyl (C=O) groups is 4. The number of carboxylic acids is 1. The molecule has 2 aliphatic heterocycles. The third kappa shape index (κ3) is 5.32. The molecule has 1 unspecified atom stereocenters. The van der Waals surface area contributed by atoms with E-state index >= 15 is 0 Å². The molecular weight excluding hydrogens is 502 g/mol. The summed E-state index contributed by atoms with van der Waals surface area (Å²) in [6.45, 7) is 3.49. The van der Waals surface area contributed by atoms with Gasteiger partial charge < -0.3 is 24.8 Å². The van der Waals surface area contributed by atoms with Crippen molar-refractivity contribution in [3.05, 3.63) is 76.2 Å². The monoisotopic (exact) mass is 525 g/mol. The van der Waals surface area contributed by atoms with Gasteiger partial charge in [0, 0.05) is 9.66 Å². The standard InChI is InChI=1S/C24H23N5O7S/c1-24(2)18(22(32)33)29-20(31)17(21(29)37-24)26-19(30)16(27-28-25)14-8-10-15(11-9-14)36-23(34)35-12-13-6-4-3-5-7-13/h3-11,16-18,21H,12H2,1-2H3,(H,26,30)(H,32,33)/t16?,17-,18+,21-/m1/s1. The van der Waals surface area contributed by atoms with E-state index in [1.54, 1.807) is 26.0 Å². The number of nitrogens with one attached hydrogen (secondary N) is 1. The van der Waals surface area contributed by atoms with Crippen molar-refractivity contribution in [2.45, 2.75) is 48.7 Å². The van der Waals surface area contributed by atoms with Gasteiger partial charge in [0.1, 0.15) is 35.9 Å². The van der Waals surface area contributed by atoms with Gasteiger partial charge in [-0.2, -0.15) is 0 Å². The first-order valence-electron chi connectivity index (χ1n) is 11.2. The third-order valence-electron chi connectivity index (χ3n) is 5.98. The van der Waals surface area contributed by atoms with Gasteiger partial charge in [0.05, 0.1) is 0 Å². The second-order valence-electron chi connectivity index (χ2n) is 8.89. The second kappa shape index (κ2) is 10.4. The molecule has 0 spiro atoms. The molecule has 2 N–H and O–H groups in total. The lowest BCUT2D eigenvalue weighted by Crippen LogP contribution is -2.70. The summed E-state index contributed by atoms with van der Waals surface area (Å²) in [5.74, 6) is -2.20. The van der Waals surface area contributed by atoms with Gasteiger partial charge in [-0.3, -0.25) is 9.59 Å². The Balaban J connectivity index is 1.38. The molecule has 2 heterocycles. The summed E-state index contributed by atoms with van der Waals surface area (Å²) in [5, 5.41) is 15.1. The van der Waals surface area contributed by atoms with Crippen molar-refractivity contribution in [1.82, 2.24) is 10.2 Å². The molecule has 0 aliphatic carbocycles. The number of carbonyl (C=O) groups excluding carboxylic acids is 3. The van der Waals surface area contributed by atoms with Crippen LogP contribution in [0, 0.1) is 0 Å². The SMILES string of the molecule is CC1(C)S[C@@H]2[C@H](NC(=O)C(N=[N+]=[N-])c3ccc(OC(=O)OCc4ccccc4)cc3)C(=O)N2[C@H]1C(=O)O. The molecule has 2 fully saturated rings. The van der Waals surface area contributed by atoms with Crippen molar-refractivity contribution < 1.29 is 33.8 Å². The highest BCUT2D eigenvalue weighted by molar-refractivity contribution is 8.01. The maximum absolute atomic E-state index is 13.0. The number of benzene rings is 2. The molecule has 12 nitrogen and oxygen atoms in total. The van der Waals surface area contributed by atoms with E-state index in [0.717, 1.165) is 5.56 Å². The van der Waals surface area contributed by atoms with E-state index in [4.69, 9.17) is 15.0 Å². The number of nitrogens with zero attached hydrogens (tertiary/aromatic N) is 4. The predicted molar refractivity (Wildman–Crippen MR) is 131 cm³/mol. The Hall–Kier alpha value is -4.22. The van der Waals surface area contributed by atoms with Crippen LogP contribution in [0.2, 0.25) is 0 Å². The number of hydrogen-bond acceptors (Lipinski definition) is 8. The molecule has 2 aromatic carbocycles. The molecule has 2 aromatic rings. The molecule has 0 aromatic heterocycles. The number of ether oxygens (including phenoxy) is 2. The van der Waals surface area contributed by atoms with Crippen LogP contribution in [-0.4, -0.2) is 56.2 Å². The van der Waals surface area contributed by atoms with Crippen LogP contribution < -0.4 is 10.1 Å². The van der Waals surface area contributed by atoms with Crippen LogP contribution in [-0.2, 0) is 25.7 Å². The molecule has 37 heavy (non-hydrogen) atoms. The summed E-state index contributed by atoms with van der Waals surface area (Å²) < 4.78 is 9.45. The smallest absolute Gasteiger partial charge is 0.480 e. The lowest BCUT2D eigenvalue weighted by Gasteiger charge is -2.43. The van der Waals surface area contributed by atoms with E-state index in [1.165, 1.54) is 40.9 Å². The highest BCUT2D eigenvalue weighted by Crippen LogP contribution is 2.50. The first-order chi connectivity index (χ1) is 17.6. The van der Waals surface area contributed by atoms with Crippen LogP contribution in [0.25, 0.3) is 10.4 Å². The number of amides is 2. The molecule has 2 amide bonds. The lowest BCUT2D eigenvalue weighted by molar-refractivity contribution is -0.161. The third-order valence-corrected chi connectivity index (χ3v) is 7.56. The molecule has 0 bridgehead atoms. The van der Waals surface area contributed by atoms with Crippen LogP contribution in [0.5, 0.6) is 5.75 Å². The first kappa shape index (κ1) is 25.9. The summed E-state index contributed by atoms with van der Waals surface area (Å²) in [6.07, 6.45) is -0.911. The average molecular weight is 526 g/mol. The van der Waals surface area contributed by atoms with Gasteiger partial charge >= 0.3 is 12.1 Å². The van der Waals surface area contributed by atoms with Crippen molar-refractivity contribution in [3.8, 4) is 5.75 Å². The molecule has 4 atom stereocenters. The normalized spacial score (nSPS) is 22.1. The van der Waals surface area contributed by atoms with Crippen LogP contribution >= 0.6 is 11.8 Å². The van der Waals surface area contributed by atoms with Gasteiger partial charge in [-0.05, 0) is 42.6 Å². The predicted octanol–water partition coefficient (Wildman–Crippen LogP) is 3.39. The zero-order chi connectivity index (χ0) is 26.7. The molecule has 4 rings (SSSR count). The zero-order valence-electron chi connectivity index (χ0n) is 19.8. The van der Waals surface area contributed by atoms with Gasteiger partial charge in [-0.1, -0.05) is 47.6 Å². The summed E-state index contributed by atoms with van der Waals surface area (Å²) in [5.41, 5.74) is 10.1.